The normalized spacial score (nSPS) is 11.4. The molecule has 19 heavy (non-hydrogen) atoms. The first-order valence-electron chi connectivity index (χ1n) is 5.12. The highest BCUT2D eigenvalue weighted by molar-refractivity contribution is 6.33. The van der Waals surface area contributed by atoms with Crippen LogP contribution in [0.1, 0.15) is 5.56 Å². The molecule has 0 unspecified atom stereocenters. The summed E-state index contributed by atoms with van der Waals surface area (Å²) >= 11 is 0. The van der Waals surface area contributed by atoms with Gasteiger partial charge in [-0.05, 0) is 24.3 Å². The number of hydrogen-bond donors (Lipinski definition) is 2. The van der Waals surface area contributed by atoms with E-state index in [0.717, 1.165) is 16.8 Å². The van der Waals surface area contributed by atoms with Crippen molar-refractivity contribution in [2.24, 2.45) is 0 Å². The quantitative estimate of drug-likeness (QED) is 0.825. The SMILES string of the molecule is OB(O)Oc1ccnn1-c1ccc(C(F)(F)F)cc1. The zero-order chi connectivity index (χ0) is 14.0. The second-order valence-corrected chi connectivity index (χ2v) is 3.57. The third-order valence-electron chi connectivity index (χ3n) is 2.27. The summed E-state index contributed by atoms with van der Waals surface area (Å²) < 4.78 is 43.0. The van der Waals surface area contributed by atoms with Gasteiger partial charge in [0.2, 0.25) is 5.88 Å². The zero-order valence-electron chi connectivity index (χ0n) is 9.37. The van der Waals surface area contributed by atoms with E-state index in [0.29, 0.717) is 5.69 Å². The Balaban J connectivity index is 2.30. The van der Waals surface area contributed by atoms with Gasteiger partial charge >= 0.3 is 13.5 Å². The summed E-state index contributed by atoms with van der Waals surface area (Å²) in [6.45, 7) is 0. The van der Waals surface area contributed by atoms with Crippen molar-refractivity contribution in [2.45, 2.75) is 6.18 Å². The molecule has 5 nitrogen and oxygen atoms in total. The van der Waals surface area contributed by atoms with Gasteiger partial charge in [-0.3, -0.25) is 0 Å². The molecule has 0 spiro atoms. The second kappa shape index (κ2) is 4.94. The van der Waals surface area contributed by atoms with Crippen molar-refractivity contribution < 1.29 is 27.9 Å². The second-order valence-electron chi connectivity index (χ2n) is 3.57. The Morgan fingerprint density at radius 2 is 1.74 bits per heavy atom. The topological polar surface area (TPSA) is 67.5 Å². The van der Waals surface area contributed by atoms with Gasteiger partial charge in [0.1, 0.15) is 0 Å². The summed E-state index contributed by atoms with van der Waals surface area (Å²) in [6.07, 6.45) is -3.10. The van der Waals surface area contributed by atoms with Crippen molar-refractivity contribution >= 4 is 7.32 Å². The summed E-state index contributed by atoms with van der Waals surface area (Å²) in [5.41, 5.74) is -0.485. The maximum atomic E-state index is 12.4. The van der Waals surface area contributed by atoms with Crippen LogP contribution in [0.2, 0.25) is 0 Å². The Morgan fingerprint density at radius 1 is 1.11 bits per heavy atom. The number of benzene rings is 1. The van der Waals surface area contributed by atoms with Crippen molar-refractivity contribution in [1.82, 2.24) is 9.78 Å². The van der Waals surface area contributed by atoms with Gasteiger partial charge in [0.15, 0.2) is 0 Å². The molecule has 0 atom stereocenters. The molecule has 0 fully saturated rings. The molecule has 0 aliphatic rings. The Hall–Kier alpha value is -2.00. The van der Waals surface area contributed by atoms with E-state index in [1.165, 1.54) is 24.4 Å². The average Bonchev–Trinajstić information content (AvgIpc) is 2.75. The lowest BCUT2D eigenvalue weighted by Gasteiger charge is -2.10. The van der Waals surface area contributed by atoms with E-state index in [1.54, 1.807) is 0 Å². The number of aromatic nitrogens is 2. The summed E-state index contributed by atoms with van der Waals surface area (Å²) in [7, 11) is -2.04. The molecule has 0 aliphatic carbocycles. The maximum absolute atomic E-state index is 12.4. The molecule has 0 radical (unpaired) electrons. The molecule has 0 bridgehead atoms. The molecule has 0 amide bonds. The molecule has 2 N–H and O–H groups in total. The highest BCUT2D eigenvalue weighted by atomic mass is 19.4. The van der Waals surface area contributed by atoms with Gasteiger partial charge in [-0.1, -0.05) is 0 Å². The molecule has 1 heterocycles. The van der Waals surface area contributed by atoms with Crippen LogP contribution in [0.25, 0.3) is 5.69 Å². The summed E-state index contributed by atoms with van der Waals surface area (Å²) in [5, 5.41) is 21.2. The van der Waals surface area contributed by atoms with Crippen LogP contribution in [0.15, 0.2) is 36.5 Å². The van der Waals surface area contributed by atoms with Gasteiger partial charge in [-0.25, -0.2) is 4.68 Å². The van der Waals surface area contributed by atoms with E-state index in [1.807, 2.05) is 0 Å². The summed E-state index contributed by atoms with van der Waals surface area (Å²) in [4.78, 5) is 0. The summed E-state index contributed by atoms with van der Waals surface area (Å²) in [5.74, 6) is -0.00485. The van der Waals surface area contributed by atoms with Crippen molar-refractivity contribution in [2.75, 3.05) is 0 Å². The number of rotatable bonds is 3. The lowest BCUT2D eigenvalue weighted by atomic mass is 10.2. The Bertz CT molecular complexity index is 554. The molecule has 0 saturated heterocycles. The van der Waals surface area contributed by atoms with Gasteiger partial charge in [0.05, 0.1) is 17.4 Å². The summed E-state index contributed by atoms with van der Waals surface area (Å²) in [6, 6.07) is 5.54. The first-order chi connectivity index (χ1) is 8.88. The minimum atomic E-state index is -4.41. The highest BCUT2D eigenvalue weighted by Crippen LogP contribution is 2.30. The molecule has 100 valence electrons. The molecule has 9 heteroatoms. The van der Waals surface area contributed by atoms with Gasteiger partial charge in [0.25, 0.3) is 0 Å². The minimum Gasteiger partial charge on any atom is -0.498 e. The number of nitrogens with zero attached hydrogens (tertiary/aromatic N) is 2. The van der Waals surface area contributed by atoms with Crippen LogP contribution >= 0.6 is 0 Å². The Labute approximate surface area is 106 Å². The van der Waals surface area contributed by atoms with Crippen molar-refractivity contribution in [3.63, 3.8) is 0 Å². The van der Waals surface area contributed by atoms with Gasteiger partial charge in [-0.2, -0.15) is 18.3 Å². The maximum Gasteiger partial charge on any atom is 0.708 e. The van der Waals surface area contributed by atoms with Crippen LogP contribution in [-0.4, -0.2) is 27.1 Å². The van der Waals surface area contributed by atoms with Crippen LogP contribution in [0, 0.1) is 0 Å². The molecule has 1 aromatic heterocycles. The third kappa shape index (κ3) is 3.06. The fourth-order valence-electron chi connectivity index (χ4n) is 1.47. The molecular weight excluding hydrogens is 264 g/mol. The molecule has 2 rings (SSSR count). The van der Waals surface area contributed by atoms with E-state index >= 15 is 0 Å². The first-order valence-corrected chi connectivity index (χ1v) is 5.12. The zero-order valence-corrected chi connectivity index (χ0v) is 9.37. The van der Waals surface area contributed by atoms with Crippen molar-refractivity contribution in [3.05, 3.63) is 42.1 Å². The predicted octanol–water partition coefficient (Wildman–Crippen LogP) is 1.24. The monoisotopic (exact) mass is 272 g/mol. The fourth-order valence-corrected chi connectivity index (χ4v) is 1.47. The van der Waals surface area contributed by atoms with Crippen LogP contribution in [0.4, 0.5) is 13.2 Å². The average molecular weight is 272 g/mol. The van der Waals surface area contributed by atoms with Crippen LogP contribution in [0.5, 0.6) is 5.88 Å². The fraction of sp³-hybridized carbons (Fsp3) is 0.100. The van der Waals surface area contributed by atoms with E-state index in [-0.39, 0.29) is 5.88 Å². The van der Waals surface area contributed by atoms with Gasteiger partial charge in [0, 0.05) is 6.07 Å². The molecular formula is C10H8BF3N2O3. The lowest BCUT2D eigenvalue weighted by molar-refractivity contribution is -0.137. The van der Waals surface area contributed by atoms with E-state index < -0.39 is 19.1 Å². The Kier molecular flexibility index (Phi) is 3.49. The van der Waals surface area contributed by atoms with Crippen LogP contribution < -0.4 is 4.65 Å². The molecule has 1 aromatic carbocycles. The van der Waals surface area contributed by atoms with E-state index in [9.17, 15) is 13.2 Å². The number of alkyl halides is 3. The molecule has 0 aliphatic heterocycles. The molecule has 2 aromatic rings. The minimum absolute atomic E-state index is 0.00485. The third-order valence-corrected chi connectivity index (χ3v) is 2.27. The number of hydrogen-bond acceptors (Lipinski definition) is 4. The van der Waals surface area contributed by atoms with E-state index in [4.69, 9.17) is 10.0 Å². The van der Waals surface area contributed by atoms with Gasteiger partial charge in [-0.15, -0.1) is 0 Å². The Morgan fingerprint density at radius 3 is 2.26 bits per heavy atom. The van der Waals surface area contributed by atoms with E-state index in [2.05, 4.69) is 9.75 Å². The molecule has 0 saturated carbocycles. The first kappa shape index (κ1) is 13.4. The van der Waals surface area contributed by atoms with Gasteiger partial charge < -0.3 is 14.7 Å². The number of halogens is 3. The smallest absolute Gasteiger partial charge is 0.498 e. The van der Waals surface area contributed by atoms with Crippen LogP contribution in [0.3, 0.4) is 0 Å². The largest absolute Gasteiger partial charge is 0.708 e. The standard InChI is InChI=1S/C10H8BF3N2O3/c12-10(13,14)7-1-3-8(4-2-7)16-9(5-6-15-16)19-11(17)18/h1-6,17-18H. The van der Waals surface area contributed by atoms with Crippen molar-refractivity contribution in [3.8, 4) is 11.6 Å². The van der Waals surface area contributed by atoms with Crippen LogP contribution in [-0.2, 0) is 6.18 Å². The highest BCUT2D eigenvalue weighted by Gasteiger charge is 2.30. The predicted molar refractivity (Wildman–Crippen MR) is 59.4 cm³/mol. The lowest BCUT2D eigenvalue weighted by Crippen LogP contribution is -2.22. The van der Waals surface area contributed by atoms with Crippen molar-refractivity contribution in [1.29, 1.82) is 0 Å².